The molecule has 7 nitrogen and oxygen atoms in total. The van der Waals surface area contributed by atoms with Crippen molar-refractivity contribution >= 4 is 10.0 Å². The van der Waals surface area contributed by atoms with Crippen molar-refractivity contribution < 1.29 is 22.6 Å². The van der Waals surface area contributed by atoms with Gasteiger partial charge in [-0.05, 0) is 17.7 Å². The number of nitrogens with two attached hydrogens (primary N) is 1. The van der Waals surface area contributed by atoms with Gasteiger partial charge in [0, 0.05) is 13.1 Å². The average Bonchev–Trinajstić information content (AvgIpc) is 2.53. The second-order valence-electron chi connectivity index (χ2n) is 4.61. The van der Waals surface area contributed by atoms with Crippen molar-refractivity contribution in [3.05, 3.63) is 23.8 Å². The molecule has 118 valence electrons. The van der Waals surface area contributed by atoms with E-state index < -0.39 is 10.0 Å². The lowest BCUT2D eigenvalue weighted by Gasteiger charge is -2.23. The van der Waals surface area contributed by atoms with E-state index in [9.17, 15) is 8.42 Å². The molecule has 1 saturated heterocycles. The molecule has 2 rings (SSSR count). The van der Waals surface area contributed by atoms with E-state index in [1.54, 1.807) is 12.1 Å². The third kappa shape index (κ3) is 4.14. The summed E-state index contributed by atoms with van der Waals surface area (Å²) < 4.78 is 43.1. The minimum absolute atomic E-state index is 0.0738. The number of hydrogen-bond acceptors (Lipinski definition) is 6. The van der Waals surface area contributed by atoms with E-state index in [0.29, 0.717) is 25.4 Å². The fourth-order valence-corrected chi connectivity index (χ4v) is 3.28. The summed E-state index contributed by atoms with van der Waals surface area (Å²) >= 11 is 0. The van der Waals surface area contributed by atoms with Crippen molar-refractivity contribution in [3.8, 4) is 5.75 Å². The van der Waals surface area contributed by atoms with Gasteiger partial charge in [-0.15, -0.1) is 0 Å². The van der Waals surface area contributed by atoms with Crippen molar-refractivity contribution in [2.24, 2.45) is 5.73 Å². The number of sulfonamides is 1. The first kappa shape index (κ1) is 16.2. The van der Waals surface area contributed by atoms with Crippen LogP contribution < -0.4 is 15.2 Å². The van der Waals surface area contributed by atoms with Crippen LogP contribution in [0.3, 0.4) is 0 Å². The van der Waals surface area contributed by atoms with Crippen LogP contribution in [0.15, 0.2) is 23.1 Å². The van der Waals surface area contributed by atoms with Gasteiger partial charge < -0.3 is 19.9 Å². The maximum atomic E-state index is 12.4. The highest BCUT2D eigenvalue weighted by molar-refractivity contribution is 7.89. The molecule has 0 saturated carbocycles. The fraction of sp³-hybridized carbons (Fsp3) is 0.538. The smallest absolute Gasteiger partial charge is 0.244 e. The van der Waals surface area contributed by atoms with Gasteiger partial charge in [-0.3, -0.25) is 0 Å². The minimum Gasteiger partial charge on any atom is -0.495 e. The lowest BCUT2D eigenvalue weighted by molar-refractivity contribution is -0.0846. The highest BCUT2D eigenvalue weighted by Crippen LogP contribution is 2.24. The molecule has 21 heavy (non-hydrogen) atoms. The molecule has 1 fully saturated rings. The van der Waals surface area contributed by atoms with Crippen LogP contribution >= 0.6 is 0 Å². The molecule has 1 aliphatic rings. The molecule has 0 amide bonds. The molecule has 1 unspecified atom stereocenters. The Morgan fingerprint density at radius 1 is 1.43 bits per heavy atom. The Balaban J connectivity index is 2.14. The third-order valence-electron chi connectivity index (χ3n) is 3.14. The lowest BCUT2D eigenvalue weighted by Crippen LogP contribution is -2.39. The Bertz CT molecular complexity index is 570. The van der Waals surface area contributed by atoms with Gasteiger partial charge in [0.1, 0.15) is 10.6 Å². The molecule has 1 aliphatic heterocycles. The number of ether oxygens (including phenoxy) is 3. The zero-order valence-electron chi connectivity index (χ0n) is 11.9. The largest absolute Gasteiger partial charge is 0.495 e. The Morgan fingerprint density at radius 2 is 2.24 bits per heavy atom. The minimum atomic E-state index is -3.70. The van der Waals surface area contributed by atoms with Crippen LogP contribution in [0, 0.1) is 0 Å². The first-order valence-electron chi connectivity index (χ1n) is 6.63. The summed E-state index contributed by atoms with van der Waals surface area (Å²) in [5, 5.41) is 0. The van der Waals surface area contributed by atoms with Crippen LogP contribution in [-0.2, 0) is 26.0 Å². The Labute approximate surface area is 124 Å². The lowest BCUT2D eigenvalue weighted by atomic mass is 10.2. The van der Waals surface area contributed by atoms with Gasteiger partial charge in [0.25, 0.3) is 0 Å². The van der Waals surface area contributed by atoms with Gasteiger partial charge in [-0.25, -0.2) is 13.1 Å². The highest BCUT2D eigenvalue weighted by Gasteiger charge is 2.23. The standard InChI is InChI=1S/C13H20N2O5S/c1-18-12-3-2-10(7-14)6-13(12)21(16,17)15-8-11-9-19-4-5-20-11/h2-3,6,11,15H,4-5,7-9,14H2,1H3. The molecule has 0 spiro atoms. The van der Waals surface area contributed by atoms with Crippen molar-refractivity contribution in [2.75, 3.05) is 33.5 Å². The molecule has 1 heterocycles. The molecule has 8 heteroatoms. The van der Waals surface area contributed by atoms with Crippen LogP contribution in [0.4, 0.5) is 0 Å². The number of benzene rings is 1. The van der Waals surface area contributed by atoms with Gasteiger partial charge in [0.2, 0.25) is 10.0 Å². The van der Waals surface area contributed by atoms with E-state index in [2.05, 4.69) is 4.72 Å². The second-order valence-corrected chi connectivity index (χ2v) is 6.34. The molecule has 0 bridgehead atoms. The Morgan fingerprint density at radius 3 is 2.86 bits per heavy atom. The van der Waals surface area contributed by atoms with Crippen LogP contribution in [0.2, 0.25) is 0 Å². The van der Waals surface area contributed by atoms with Crippen LogP contribution in [0.1, 0.15) is 5.56 Å². The average molecular weight is 316 g/mol. The van der Waals surface area contributed by atoms with E-state index >= 15 is 0 Å². The zero-order chi connectivity index (χ0) is 15.3. The number of rotatable bonds is 6. The fourth-order valence-electron chi connectivity index (χ4n) is 1.99. The first-order chi connectivity index (χ1) is 10.1. The molecule has 1 aromatic carbocycles. The number of methoxy groups -OCH3 is 1. The Hall–Kier alpha value is -1.19. The first-order valence-corrected chi connectivity index (χ1v) is 8.11. The molecular formula is C13H20N2O5S. The van der Waals surface area contributed by atoms with Gasteiger partial charge in [0.15, 0.2) is 0 Å². The predicted octanol–water partition coefficient (Wildman–Crippen LogP) is -0.152. The SMILES string of the molecule is COc1ccc(CN)cc1S(=O)(=O)NCC1COCCO1. The summed E-state index contributed by atoms with van der Waals surface area (Å²) in [6.07, 6.45) is -0.280. The van der Waals surface area contributed by atoms with Crippen molar-refractivity contribution in [2.45, 2.75) is 17.5 Å². The highest BCUT2D eigenvalue weighted by atomic mass is 32.2. The summed E-state index contributed by atoms with van der Waals surface area (Å²) in [5.74, 6) is 0.278. The molecule has 0 radical (unpaired) electrons. The molecule has 1 atom stereocenters. The summed E-state index contributed by atoms with van der Waals surface area (Å²) in [6, 6.07) is 4.84. The summed E-state index contributed by atoms with van der Waals surface area (Å²) in [6.45, 7) is 1.79. The van der Waals surface area contributed by atoms with Crippen molar-refractivity contribution in [3.63, 3.8) is 0 Å². The van der Waals surface area contributed by atoms with E-state index in [-0.39, 0.29) is 29.8 Å². The quantitative estimate of drug-likeness (QED) is 0.757. The van der Waals surface area contributed by atoms with Gasteiger partial charge in [0.05, 0.1) is 33.0 Å². The number of nitrogens with one attached hydrogen (secondary N) is 1. The molecule has 0 aromatic heterocycles. The molecule has 0 aliphatic carbocycles. The summed E-state index contributed by atoms with van der Waals surface area (Å²) in [7, 11) is -2.28. The van der Waals surface area contributed by atoms with Crippen LogP contribution in [-0.4, -0.2) is 48.0 Å². The monoisotopic (exact) mass is 316 g/mol. The van der Waals surface area contributed by atoms with E-state index in [4.69, 9.17) is 19.9 Å². The second kappa shape index (κ2) is 7.19. The van der Waals surface area contributed by atoms with E-state index in [1.807, 2.05) is 0 Å². The van der Waals surface area contributed by atoms with Crippen molar-refractivity contribution in [1.29, 1.82) is 0 Å². The topological polar surface area (TPSA) is 99.9 Å². The molecular weight excluding hydrogens is 296 g/mol. The maximum Gasteiger partial charge on any atom is 0.244 e. The van der Waals surface area contributed by atoms with Crippen molar-refractivity contribution in [1.82, 2.24) is 4.72 Å². The normalized spacial score (nSPS) is 19.4. The predicted molar refractivity (Wildman–Crippen MR) is 76.6 cm³/mol. The number of hydrogen-bond donors (Lipinski definition) is 2. The summed E-state index contributed by atoms with van der Waals surface area (Å²) in [4.78, 5) is 0.0738. The van der Waals surface area contributed by atoms with Crippen LogP contribution in [0.5, 0.6) is 5.75 Å². The zero-order valence-corrected chi connectivity index (χ0v) is 12.7. The summed E-state index contributed by atoms with van der Waals surface area (Å²) in [5.41, 5.74) is 6.27. The molecule has 3 N–H and O–H groups in total. The van der Waals surface area contributed by atoms with Gasteiger partial charge in [-0.1, -0.05) is 6.07 Å². The van der Waals surface area contributed by atoms with Gasteiger partial charge >= 0.3 is 0 Å². The maximum absolute atomic E-state index is 12.4. The third-order valence-corrected chi connectivity index (χ3v) is 4.58. The Kier molecular flexibility index (Phi) is 5.54. The van der Waals surface area contributed by atoms with E-state index in [0.717, 1.165) is 0 Å². The van der Waals surface area contributed by atoms with Gasteiger partial charge in [-0.2, -0.15) is 0 Å². The molecule has 1 aromatic rings. The van der Waals surface area contributed by atoms with Crippen LogP contribution in [0.25, 0.3) is 0 Å². The van der Waals surface area contributed by atoms with E-state index in [1.165, 1.54) is 13.2 Å².